The summed E-state index contributed by atoms with van der Waals surface area (Å²) in [6, 6.07) is 4.54. The lowest BCUT2D eigenvalue weighted by atomic mass is 10.0. The molecule has 140 valence electrons. The van der Waals surface area contributed by atoms with Gasteiger partial charge in [0.2, 0.25) is 0 Å². The number of carbonyl (C=O) groups excluding carboxylic acids is 1. The zero-order chi connectivity index (χ0) is 18.9. The monoisotopic (exact) mass is 406 g/mol. The average Bonchev–Trinajstić information content (AvgIpc) is 2.92. The molecule has 3 rings (SSSR count). The van der Waals surface area contributed by atoms with E-state index in [1.165, 1.54) is 23.5 Å². The van der Waals surface area contributed by atoms with Crippen molar-refractivity contribution in [2.24, 2.45) is 0 Å². The molecule has 26 heavy (non-hydrogen) atoms. The molecule has 1 aliphatic rings. The molecule has 1 fully saturated rings. The van der Waals surface area contributed by atoms with E-state index in [4.69, 9.17) is 0 Å². The van der Waals surface area contributed by atoms with Gasteiger partial charge in [-0.05, 0) is 18.2 Å². The first-order valence-electron chi connectivity index (χ1n) is 7.33. The summed E-state index contributed by atoms with van der Waals surface area (Å²) in [5.41, 5.74) is -0.282. The lowest BCUT2D eigenvalue weighted by Gasteiger charge is -2.25. The largest absolute Gasteiger partial charge is 0.471 e. The Balaban J connectivity index is 1.75. The van der Waals surface area contributed by atoms with Crippen LogP contribution < -0.4 is 15.4 Å². The van der Waals surface area contributed by atoms with Crippen molar-refractivity contribution in [1.29, 1.82) is 0 Å². The molecule has 0 bridgehead atoms. The number of nitrogens with zero attached hydrogens (tertiary/aromatic N) is 1. The van der Waals surface area contributed by atoms with Gasteiger partial charge >= 0.3 is 12.1 Å². The zero-order valence-electron chi connectivity index (χ0n) is 13.0. The topological polar surface area (TPSA) is 100 Å². The lowest BCUT2D eigenvalue weighted by Crippen LogP contribution is -2.39. The lowest BCUT2D eigenvalue weighted by molar-refractivity contribution is -0.167. The van der Waals surface area contributed by atoms with Crippen molar-refractivity contribution in [3.05, 3.63) is 35.3 Å². The van der Waals surface area contributed by atoms with Gasteiger partial charge in [-0.1, -0.05) is 6.07 Å². The summed E-state index contributed by atoms with van der Waals surface area (Å²) in [5.74, 6) is -1.88. The fourth-order valence-corrected chi connectivity index (χ4v) is 4.33. The number of sulfonamides is 1. The van der Waals surface area contributed by atoms with Crippen LogP contribution in [-0.2, 0) is 14.8 Å². The maximum atomic E-state index is 12.4. The molecule has 1 aromatic carbocycles. The van der Waals surface area contributed by atoms with Crippen molar-refractivity contribution >= 4 is 38.1 Å². The Morgan fingerprint density at radius 3 is 2.65 bits per heavy atom. The first kappa shape index (κ1) is 18.6. The van der Waals surface area contributed by atoms with Gasteiger partial charge in [0.05, 0.1) is 4.90 Å². The highest BCUT2D eigenvalue weighted by molar-refractivity contribution is 7.93. The molecule has 1 aliphatic heterocycles. The minimum atomic E-state index is -5.07. The summed E-state index contributed by atoms with van der Waals surface area (Å²) in [6.07, 6.45) is -3.48. The first-order valence-corrected chi connectivity index (χ1v) is 9.62. The SMILES string of the molecule is O=C(Nc1cccc(S(=O)(=O)Nc2ncc(C3CNC3)s2)c1)C(F)(F)F. The van der Waals surface area contributed by atoms with Gasteiger partial charge in [-0.25, -0.2) is 13.4 Å². The van der Waals surface area contributed by atoms with Crippen LogP contribution in [0.5, 0.6) is 0 Å². The molecule has 0 unspecified atom stereocenters. The van der Waals surface area contributed by atoms with Gasteiger partial charge in [0.1, 0.15) is 0 Å². The van der Waals surface area contributed by atoms with Gasteiger partial charge in [0, 0.05) is 35.8 Å². The Bertz CT molecular complexity index is 924. The summed E-state index contributed by atoms with van der Waals surface area (Å²) >= 11 is 1.20. The number of rotatable bonds is 5. The Kier molecular flexibility index (Phi) is 4.90. The number of amides is 1. The van der Waals surface area contributed by atoms with E-state index in [1.807, 2.05) is 0 Å². The summed E-state index contributed by atoms with van der Waals surface area (Å²) in [6.45, 7) is 1.60. The van der Waals surface area contributed by atoms with Crippen LogP contribution in [-0.4, -0.2) is 38.6 Å². The van der Waals surface area contributed by atoms with Crippen molar-refractivity contribution in [1.82, 2.24) is 10.3 Å². The van der Waals surface area contributed by atoms with Crippen LogP contribution in [0.2, 0.25) is 0 Å². The van der Waals surface area contributed by atoms with Crippen molar-refractivity contribution in [3.63, 3.8) is 0 Å². The van der Waals surface area contributed by atoms with E-state index in [-0.39, 0.29) is 15.7 Å². The van der Waals surface area contributed by atoms with Crippen LogP contribution in [0.3, 0.4) is 0 Å². The smallest absolute Gasteiger partial charge is 0.318 e. The number of aromatic nitrogens is 1. The number of thiazole rings is 1. The van der Waals surface area contributed by atoms with Crippen molar-refractivity contribution in [3.8, 4) is 0 Å². The number of benzene rings is 1. The number of hydrogen-bond acceptors (Lipinski definition) is 6. The van der Waals surface area contributed by atoms with E-state index < -0.39 is 22.1 Å². The highest BCUT2D eigenvalue weighted by Crippen LogP contribution is 2.30. The molecule has 0 saturated carbocycles. The second kappa shape index (κ2) is 6.85. The van der Waals surface area contributed by atoms with E-state index in [9.17, 15) is 26.4 Å². The van der Waals surface area contributed by atoms with Crippen LogP contribution in [0.15, 0.2) is 35.4 Å². The molecule has 2 aromatic rings. The highest BCUT2D eigenvalue weighted by Gasteiger charge is 2.38. The number of halogens is 3. The third-order valence-electron chi connectivity index (χ3n) is 3.59. The van der Waals surface area contributed by atoms with E-state index in [0.717, 1.165) is 30.1 Å². The van der Waals surface area contributed by atoms with Crippen molar-refractivity contribution in [2.75, 3.05) is 23.1 Å². The standard InChI is InChI=1S/C14H13F3N4O3S2/c15-14(16,17)12(22)20-9-2-1-3-10(4-9)26(23,24)21-13-19-7-11(25-13)8-5-18-6-8/h1-4,7-8,18H,5-6H2,(H,19,21)(H,20,22). The number of alkyl halides is 3. The average molecular weight is 406 g/mol. The minimum Gasteiger partial charge on any atom is -0.318 e. The van der Waals surface area contributed by atoms with Gasteiger partial charge in [0.25, 0.3) is 10.0 Å². The molecule has 1 aromatic heterocycles. The Hall–Kier alpha value is -2.18. The highest BCUT2D eigenvalue weighted by atomic mass is 32.2. The van der Waals surface area contributed by atoms with E-state index in [1.54, 1.807) is 11.5 Å². The molecule has 0 spiro atoms. The zero-order valence-corrected chi connectivity index (χ0v) is 14.6. The molecular formula is C14H13F3N4O3S2. The van der Waals surface area contributed by atoms with Crippen LogP contribution in [0.4, 0.5) is 24.0 Å². The molecular weight excluding hydrogens is 393 g/mol. The van der Waals surface area contributed by atoms with Crippen LogP contribution in [0.1, 0.15) is 10.8 Å². The molecule has 0 radical (unpaired) electrons. The molecule has 12 heteroatoms. The first-order chi connectivity index (χ1) is 12.1. The normalized spacial score (nSPS) is 15.3. The molecule has 2 heterocycles. The van der Waals surface area contributed by atoms with Gasteiger partial charge in [-0.3, -0.25) is 9.52 Å². The summed E-state index contributed by atoms with van der Waals surface area (Å²) in [7, 11) is -4.06. The number of hydrogen-bond donors (Lipinski definition) is 3. The van der Waals surface area contributed by atoms with Gasteiger partial charge in [-0.15, -0.1) is 11.3 Å². The molecule has 3 N–H and O–H groups in total. The van der Waals surface area contributed by atoms with Crippen LogP contribution >= 0.6 is 11.3 Å². The van der Waals surface area contributed by atoms with E-state index in [0.29, 0.717) is 5.92 Å². The molecule has 7 nitrogen and oxygen atoms in total. The second-order valence-corrected chi connectivity index (χ2v) is 8.25. The van der Waals surface area contributed by atoms with Crippen LogP contribution in [0.25, 0.3) is 0 Å². The van der Waals surface area contributed by atoms with E-state index in [2.05, 4.69) is 15.0 Å². The number of nitrogens with one attached hydrogen (secondary N) is 3. The molecule has 0 aliphatic carbocycles. The summed E-state index contributed by atoms with van der Waals surface area (Å²) in [4.78, 5) is 15.6. The third kappa shape index (κ3) is 4.14. The third-order valence-corrected chi connectivity index (χ3v) is 6.13. The fraction of sp³-hybridized carbons (Fsp3) is 0.286. The van der Waals surface area contributed by atoms with Crippen LogP contribution in [0, 0.1) is 0 Å². The van der Waals surface area contributed by atoms with Gasteiger partial charge in [-0.2, -0.15) is 13.2 Å². The van der Waals surface area contributed by atoms with Crippen molar-refractivity contribution in [2.45, 2.75) is 17.0 Å². The predicted octanol–water partition coefficient (Wildman–Crippen LogP) is 2.13. The van der Waals surface area contributed by atoms with Gasteiger partial charge < -0.3 is 10.6 Å². The Morgan fingerprint density at radius 2 is 2.04 bits per heavy atom. The molecule has 0 atom stereocenters. The van der Waals surface area contributed by atoms with Gasteiger partial charge in [0.15, 0.2) is 5.13 Å². The summed E-state index contributed by atoms with van der Waals surface area (Å²) in [5, 5.41) is 4.88. The molecule has 1 saturated heterocycles. The Labute approximate surface area is 150 Å². The maximum Gasteiger partial charge on any atom is 0.471 e. The number of carbonyl (C=O) groups is 1. The maximum absolute atomic E-state index is 12.4. The quantitative estimate of drug-likeness (QED) is 0.706. The molecule has 1 amide bonds. The Morgan fingerprint density at radius 1 is 1.31 bits per heavy atom. The fourth-order valence-electron chi connectivity index (χ4n) is 2.13. The second-order valence-electron chi connectivity index (χ2n) is 5.51. The van der Waals surface area contributed by atoms with Crippen molar-refractivity contribution < 1.29 is 26.4 Å². The number of anilines is 2. The minimum absolute atomic E-state index is 0.164. The van der Waals surface area contributed by atoms with E-state index >= 15 is 0 Å². The summed E-state index contributed by atoms with van der Waals surface area (Å²) < 4.78 is 64.0. The predicted molar refractivity (Wildman–Crippen MR) is 89.7 cm³/mol.